The molecule has 0 radical (unpaired) electrons. The van der Waals surface area contributed by atoms with Gasteiger partial charge in [0.1, 0.15) is 5.58 Å². The standard InChI is InChI=1S/C51H33N7O/c1-4-14-33(15-5-1)56(36-24-27-40-39-20-10-12-22-44(39)52-45(40)30-36)38-26-29-43-48(32-38)59-50-49(43)54-55-51(53-50)57(34-16-6-2-7-17-34)37-25-28-42-41-21-11-13-23-46(41)58(47(42)31-37)35-18-8-3-9-19-35/h1-32,52H. The Morgan fingerprint density at radius 1 is 0.424 bits per heavy atom. The maximum atomic E-state index is 6.60. The summed E-state index contributed by atoms with van der Waals surface area (Å²) >= 11 is 0. The highest BCUT2D eigenvalue weighted by molar-refractivity contribution is 6.11. The second-order valence-corrected chi connectivity index (χ2v) is 14.7. The first-order valence-corrected chi connectivity index (χ1v) is 19.6. The number of benzene rings is 8. The van der Waals surface area contributed by atoms with Gasteiger partial charge in [0, 0.05) is 67.1 Å². The predicted octanol–water partition coefficient (Wildman–Crippen LogP) is 13.4. The number of furan rings is 1. The summed E-state index contributed by atoms with van der Waals surface area (Å²) in [5.74, 6) is 0.405. The molecule has 8 nitrogen and oxygen atoms in total. The van der Waals surface area contributed by atoms with E-state index in [2.05, 4.69) is 178 Å². The molecular weight excluding hydrogens is 727 g/mol. The van der Waals surface area contributed by atoms with Crippen molar-refractivity contribution in [2.45, 2.75) is 0 Å². The summed E-state index contributed by atoms with van der Waals surface area (Å²) < 4.78 is 8.91. The number of nitrogens with zero attached hydrogens (tertiary/aromatic N) is 6. The molecule has 12 rings (SSSR count). The Kier molecular flexibility index (Phi) is 7.36. The number of rotatable bonds is 7. The second kappa shape index (κ2) is 13.2. The van der Waals surface area contributed by atoms with Gasteiger partial charge in [0.05, 0.1) is 22.1 Å². The third-order valence-corrected chi connectivity index (χ3v) is 11.2. The lowest BCUT2D eigenvalue weighted by Gasteiger charge is -2.25. The van der Waals surface area contributed by atoms with Gasteiger partial charge in [-0.05, 0) is 84.9 Å². The van der Waals surface area contributed by atoms with Crippen molar-refractivity contribution in [2.24, 2.45) is 0 Å². The van der Waals surface area contributed by atoms with Gasteiger partial charge in [-0.15, -0.1) is 10.2 Å². The molecule has 278 valence electrons. The molecule has 0 atom stereocenters. The number of anilines is 6. The molecule has 0 bridgehead atoms. The van der Waals surface area contributed by atoms with Crippen LogP contribution in [0.4, 0.5) is 34.4 Å². The summed E-state index contributed by atoms with van der Waals surface area (Å²) in [6.45, 7) is 0. The number of para-hydroxylation sites is 5. The van der Waals surface area contributed by atoms with Gasteiger partial charge in [-0.2, -0.15) is 4.98 Å². The Bertz CT molecular complexity index is 3520. The largest absolute Gasteiger partial charge is 0.436 e. The highest BCUT2D eigenvalue weighted by Gasteiger charge is 2.23. The Balaban J connectivity index is 0.991. The summed E-state index contributed by atoms with van der Waals surface area (Å²) in [4.78, 5) is 13.0. The highest BCUT2D eigenvalue weighted by Crippen LogP contribution is 2.42. The van der Waals surface area contributed by atoms with E-state index in [4.69, 9.17) is 19.6 Å². The molecule has 8 heteroatoms. The van der Waals surface area contributed by atoms with Crippen molar-refractivity contribution in [2.75, 3.05) is 9.80 Å². The van der Waals surface area contributed by atoms with Crippen LogP contribution in [0.1, 0.15) is 0 Å². The Hall–Kier alpha value is -8.23. The fourth-order valence-electron chi connectivity index (χ4n) is 8.59. The Morgan fingerprint density at radius 2 is 1.00 bits per heavy atom. The van der Waals surface area contributed by atoms with Crippen molar-refractivity contribution in [3.8, 4) is 5.69 Å². The number of hydrogen-bond donors (Lipinski definition) is 1. The molecule has 0 amide bonds. The van der Waals surface area contributed by atoms with Gasteiger partial charge in [0.25, 0.3) is 11.7 Å². The van der Waals surface area contributed by atoms with Crippen molar-refractivity contribution in [1.29, 1.82) is 0 Å². The lowest BCUT2D eigenvalue weighted by Crippen LogP contribution is -2.14. The molecule has 59 heavy (non-hydrogen) atoms. The van der Waals surface area contributed by atoms with Crippen molar-refractivity contribution in [3.05, 3.63) is 194 Å². The molecule has 0 aliphatic heterocycles. The predicted molar refractivity (Wildman–Crippen MR) is 240 cm³/mol. The first kappa shape index (κ1) is 33.0. The minimum Gasteiger partial charge on any atom is -0.436 e. The lowest BCUT2D eigenvalue weighted by molar-refractivity contribution is 0.650. The van der Waals surface area contributed by atoms with Crippen LogP contribution in [0.25, 0.3) is 71.5 Å². The zero-order valence-corrected chi connectivity index (χ0v) is 31.6. The molecule has 8 aromatic carbocycles. The van der Waals surface area contributed by atoms with E-state index >= 15 is 0 Å². The number of aromatic nitrogens is 5. The topological polar surface area (TPSA) is 79.0 Å². The van der Waals surface area contributed by atoms with Crippen LogP contribution in [0.2, 0.25) is 0 Å². The molecule has 1 N–H and O–H groups in total. The maximum absolute atomic E-state index is 6.60. The number of nitrogens with one attached hydrogen (secondary N) is 1. The SMILES string of the molecule is c1ccc(N(c2ccc3c(c2)[nH]c2ccccc23)c2ccc3c(c2)oc2nc(N(c4ccccc4)c4ccc5c6ccccc6n(-c6ccccc6)c5c4)nnc23)cc1. The van der Waals surface area contributed by atoms with E-state index in [9.17, 15) is 0 Å². The maximum Gasteiger partial charge on any atom is 0.257 e. The minimum atomic E-state index is 0.405. The quantitative estimate of drug-likeness (QED) is 0.174. The summed E-state index contributed by atoms with van der Waals surface area (Å²) in [5.41, 5.74) is 12.0. The van der Waals surface area contributed by atoms with Gasteiger partial charge in [-0.1, -0.05) is 103 Å². The molecule has 4 heterocycles. The first-order valence-electron chi connectivity index (χ1n) is 19.6. The van der Waals surface area contributed by atoms with Gasteiger partial charge >= 0.3 is 0 Å². The van der Waals surface area contributed by atoms with Crippen molar-refractivity contribution in [1.82, 2.24) is 24.7 Å². The van der Waals surface area contributed by atoms with Gasteiger partial charge in [0.15, 0.2) is 5.52 Å². The summed E-state index contributed by atoms with van der Waals surface area (Å²) in [7, 11) is 0. The molecule has 0 spiro atoms. The average molecular weight is 760 g/mol. The summed E-state index contributed by atoms with van der Waals surface area (Å²) in [6, 6.07) is 67.3. The second-order valence-electron chi connectivity index (χ2n) is 14.7. The smallest absolute Gasteiger partial charge is 0.257 e. The van der Waals surface area contributed by atoms with Gasteiger partial charge in [-0.25, -0.2) is 0 Å². The average Bonchev–Trinajstić information content (AvgIpc) is 3.96. The van der Waals surface area contributed by atoms with E-state index in [1.807, 2.05) is 35.2 Å². The molecule has 0 saturated heterocycles. The summed E-state index contributed by atoms with van der Waals surface area (Å²) in [6.07, 6.45) is 0. The van der Waals surface area contributed by atoms with E-state index in [0.717, 1.165) is 67.0 Å². The molecular formula is C51H33N7O. The number of H-pyrrole nitrogens is 1. The van der Waals surface area contributed by atoms with Crippen LogP contribution in [0.3, 0.4) is 0 Å². The summed E-state index contributed by atoms with van der Waals surface area (Å²) in [5, 5.41) is 15.1. The van der Waals surface area contributed by atoms with E-state index < -0.39 is 0 Å². The zero-order chi connectivity index (χ0) is 38.9. The number of aromatic amines is 1. The number of fused-ring (bicyclic) bond motifs is 9. The highest BCUT2D eigenvalue weighted by atomic mass is 16.3. The number of hydrogen-bond acceptors (Lipinski definition) is 6. The van der Waals surface area contributed by atoms with E-state index in [0.29, 0.717) is 22.8 Å². The third-order valence-electron chi connectivity index (χ3n) is 11.2. The van der Waals surface area contributed by atoms with E-state index in [1.54, 1.807) is 0 Å². The monoisotopic (exact) mass is 759 g/mol. The third kappa shape index (κ3) is 5.34. The van der Waals surface area contributed by atoms with Crippen LogP contribution in [0.5, 0.6) is 0 Å². The lowest BCUT2D eigenvalue weighted by atomic mass is 10.1. The first-order chi connectivity index (χ1) is 29.2. The molecule has 12 aromatic rings. The van der Waals surface area contributed by atoms with Crippen molar-refractivity contribution < 1.29 is 4.42 Å². The molecule has 0 unspecified atom stereocenters. The molecule has 0 aliphatic carbocycles. The molecule has 0 saturated carbocycles. The van der Waals surface area contributed by atoms with Crippen LogP contribution in [0.15, 0.2) is 199 Å². The molecule has 0 fully saturated rings. The van der Waals surface area contributed by atoms with Crippen LogP contribution < -0.4 is 9.80 Å². The fraction of sp³-hybridized carbons (Fsp3) is 0. The van der Waals surface area contributed by atoms with Gasteiger partial charge < -0.3 is 18.9 Å². The Labute approximate surface area is 337 Å². The minimum absolute atomic E-state index is 0.405. The van der Waals surface area contributed by atoms with E-state index in [-0.39, 0.29) is 0 Å². The van der Waals surface area contributed by atoms with Crippen molar-refractivity contribution >= 4 is 100 Å². The zero-order valence-electron chi connectivity index (χ0n) is 31.6. The Morgan fingerprint density at radius 3 is 1.78 bits per heavy atom. The molecule has 0 aliphatic rings. The van der Waals surface area contributed by atoms with Crippen LogP contribution in [0, 0.1) is 0 Å². The van der Waals surface area contributed by atoms with Gasteiger partial charge in [0.2, 0.25) is 0 Å². The van der Waals surface area contributed by atoms with E-state index in [1.165, 1.54) is 16.2 Å². The van der Waals surface area contributed by atoms with Gasteiger partial charge in [-0.3, -0.25) is 4.90 Å². The molecule has 4 aromatic heterocycles. The normalized spacial score (nSPS) is 11.7. The van der Waals surface area contributed by atoms with Crippen LogP contribution >= 0.6 is 0 Å². The van der Waals surface area contributed by atoms with Crippen molar-refractivity contribution in [3.63, 3.8) is 0 Å². The van der Waals surface area contributed by atoms with Crippen LogP contribution in [-0.4, -0.2) is 24.7 Å². The fourth-order valence-corrected chi connectivity index (χ4v) is 8.59. The van der Waals surface area contributed by atoms with Crippen LogP contribution in [-0.2, 0) is 0 Å².